The quantitative estimate of drug-likeness (QED) is 0.822. The largest absolute Gasteiger partial charge is 0.375 e. The molecule has 2 heterocycles. The van der Waals surface area contributed by atoms with Crippen molar-refractivity contribution < 1.29 is 13.9 Å². The highest BCUT2D eigenvalue weighted by Crippen LogP contribution is 2.37. The highest BCUT2D eigenvalue weighted by Gasteiger charge is 2.33. The van der Waals surface area contributed by atoms with E-state index >= 15 is 0 Å². The van der Waals surface area contributed by atoms with Gasteiger partial charge < -0.3 is 14.5 Å². The minimum Gasteiger partial charge on any atom is -0.375 e. The first-order chi connectivity index (χ1) is 12.5. The maximum Gasteiger partial charge on any atom is 0.249 e. The molecule has 1 aromatic carbocycles. The van der Waals surface area contributed by atoms with E-state index in [2.05, 4.69) is 4.98 Å². The second-order valence-electron chi connectivity index (χ2n) is 6.55. The molecule has 1 aliphatic heterocycles. The normalized spacial score (nSPS) is 16.8. The van der Waals surface area contributed by atoms with Crippen LogP contribution in [0.1, 0.15) is 24.6 Å². The predicted octanol–water partition coefficient (Wildman–Crippen LogP) is 2.66. The summed E-state index contributed by atoms with van der Waals surface area (Å²) in [7, 11) is 5.24. The summed E-state index contributed by atoms with van der Waals surface area (Å²) in [4.78, 5) is 25.1. The number of likely N-dealkylation sites (tertiary alicyclic amines) is 1. The molecule has 1 aromatic heterocycles. The van der Waals surface area contributed by atoms with Crippen LogP contribution in [0.5, 0.6) is 0 Å². The van der Waals surface area contributed by atoms with Gasteiger partial charge in [0.25, 0.3) is 0 Å². The molecule has 26 heavy (non-hydrogen) atoms. The molecular weight excluding hydrogens is 335 g/mol. The molecule has 1 saturated heterocycles. The minimum atomic E-state index is -0.316. The molecule has 3 rings (SSSR count). The van der Waals surface area contributed by atoms with E-state index < -0.39 is 0 Å². The second-order valence-corrected chi connectivity index (χ2v) is 6.55. The maximum absolute atomic E-state index is 13.7. The Morgan fingerprint density at radius 2 is 2.23 bits per heavy atom. The zero-order valence-electron chi connectivity index (χ0n) is 15.3. The van der Waals surface area contributed by atoms with Crippen LogP contribution < -0.4 is 4.90 Å². The first-order valence-electron chi connectivity index (χ1n) is 8.60. The Bertz CT molecular complexity index is 797. The molecule has 0 bridgehead atoms. The molecule has 1 atom stereocenters. The van der Waals surface area contributed by atoms with Crippen LogP contribution in [0.2, 0.25) is 0 Å². The molecule has 7 heteroatoms. The summed E-state index contributed by atoms with van der Waals surface area (Å²) in [6, 6.07) is 6.20. The van der Waals surface area contributed by atoms with Crippen molar-refractivity contribution in [3.63, 3.8) is 0 Å². The first kappa shape index (κ1) is 18.3. The fourth-order valence-corrected chi connectivity index (χ4v) is 3.29. The Labute approximate surface area is 152 Å². The highest BCUT2D eigenvalue weighted by molar-refractivity contribution is 5.79. The lowest BCUT2D eigenvalue weighted by Gasteiger charge is -2.26. The maximum atomic E-state index is 13.7. The Kier molecular flexibility index (Phi) is 5.46. The van der Waals surface area contributed by atoms with Crippen molar-refractivity contribution in [2.24, 2.45) is 0 Å². The van der Waals surface area contributed by atoms with Crippen LogP contribution in [-0.2, 0) is 9.53 Å². The molecule has 1 aliphatic rings. The van der Waals surface area contributed by atoms with Crippen molar-refractivity contribution in [1.82, 2.24) is 14.9 Å². The third-order valence-electron chi connectivity index (χ3n) is 4.50. The van der Waals surface area contributed by atoms with Crippen molar-refractivity contribution in [3.8, 4) is 11.1 Å². The van der Waals surface area contributed by atoms with Crippen molar-refractivity contribution in [1.29, 1.82) is 0 Å². The monoisotopic (exact) mass is 358 g/mol. The van der Waals surface area contributed by atoms with Gasteiger partial charge in [-0.2, -0.15) is 0 Å². The van der Waals surface area contributed by atoms with Gasteiger partial charge in [-0.25, -0.2) is 14.4 Å². The van der Waals surface area contributed by atoms with Gasteiger partial charge in [-0.05, 0) is 30.5 Å². The number of aromatic nitrogens is 2. The van der Waals surface area contributed by atoms with Gasteiger partial charge in [-0.15, -0.1) is 0 Å². The summed E-state index contributed by atoms with van der Waals surface area (Å²) in [6.45, 7) is 0.703. The fraction of sp³-hybridized carbons (Fsp3) is 0.421. The minimum absolute atomic E-state index is 0.0391. The molecule has 0 unspecified atom stereocenters. The predicted molar refractivity (Wildman–Crippen MR) is 97.3 cm³/mol. The van der Waals surface area contributed by atoms with Gasteiger partial charge in [0.1, 0.15) is 12.4 Å². The molecule has 0 radical (unpaired) electrons. The van der Waals surface area contributed by atoms with Crippen LogP contribution in [-0.4, -0.2) is 55.1 Å². The van der Waals surface area contributed by atoms with Gasteiger partial charge in [0.15, 0.2) is 0 Å². The number of amides is 1. The lowest BCUT2D eigenvalue weighted by molar-refractivity contribution is -0.136. The van der Waals surface area contributed by atoms with E-state index in [0.717, 1.165) is 24.1 Å². The van der Waals surface area contributed by atoms with Gasteiger partial charge in [-0.1, -0.05) is 12.1 Å². The summed E-state index contributed by atoms with van der Waals surface area (Å²) in [6.07, 6.45) is 3.41. The van der Waals surface area contributed by atoms with Gasteiger partial charge in [0.2, 0.25) is 11.9 Å². The lowest BCUT2D eigenvalue weighted by atomic mass is 9.99. The zero-order chi connectivity index (χ0) is 18.7. The molecule has 2 aromatic rings. The Morgan fingerprint density at radius 3 is 2.92 bits per heavy atom. The summed E-state index contributed by atoms with van der Waals surface area (Å²) in [5, 5.41) is 0. The number of hydrogen-bond acceptors (Lipinski definition) is 5. The smallest absolute Gasteiger partial charge is 0.249 e. The van der Waals surface area contributed by atoms with Crippen molar-refractivity contribution in [3.05, 3.63) is 42.0 Å². The standard InChI is InChI=1S/C19H23FN4O2/c1-23(2)19-21-11-15(13-6-4-7-14(20)10-13)18(22-19)16-8-5-9-24(16)17(25)12-26-3/h4,6-7,10-11,16H,5,8-9,12H2,1-3H3/t16-/m0/s1. The Morgan fingerprint density at radius 1 is 1.42 bits per heavy atom. The number of nitrogens with zero attached hydrogens (tertiary/aromatic N) is 4. The number of carbonyl (C=O) groups excluding carboxylic acids is 1. The van der Waals surface area contributed by atoms with Crippen molar-refractivity contribution in [2.45, 2.75) is 18.9 Å². The number of methoxy groups -OCH3 is 1. The second kappa shape index (κ2) is 7.78. The van der Waals surface area contributed by atoms with Crippen LogP contribution in [0.25, 0.3) is 11.1 Å². The van der Waals surface area contributed by atoms with Crippen molar-refractivity contribution >= 4 is 11.9 Å². The number of benzene rings is 1. The number of rotatable bonds is 5. The molecule has 0 saturated carbocycles. The van der Waals surface area contributed by atoms with E-state index in [1.165, 1.54) is 19.2 Å². The van der Waals surface area contributed by atoms with Crippen LogP contribution >= 0.6 is 0 Å². The van der Waals surface area contributed by atoms with Crippen LogP contribution in [0.4, 0.5) is 10.3 Å². The Balaban J connectivity index is 2.08. The molecule has 6 nitrogen and oxygen atoms in total. The van der Waals surface area contributed by atoms with E-state index in [1.807, 2.05) is 25.1 Å². The van der Waals surface area contributed by atoms with Crippen LogP contribution in [0.15, 0.2) is 30.5 Å². The summed E-state index contributed by atoms with van der Waals surface area (Å²) >= 11 is 0. The third-order valence-corrected chi connectivity index (χ3v) is 4.50. The topological polar surface area (TPSA) is 58.6 Å². The number of anilines is 1. The number of ether oxygens (including phenoxy) is 1. The average molecular weight is 358 g/mol. The zero-order valence-corrected chi connectivity index (χ0v) is 15.3. The van der Waals surface area contributed by atoms with Crippen molar-refractivity contribution in [2.75, 3.05) is 39.3 Å². The molecule has 0 spiro atoms. The Hall–Kier alpha value is -2.54. The third kappa shape index (κ3) is 3.67. The lowest BCUT2D eigenvalue weighted by Crippen LogP contribution is -2.34. The highest BCUT2D eigenvalue weighted by atomic mass is 19.1. The van der Waals surface area contributed by atoms with Crippen LogP contribution in [0.3, 0.4) is 0 Å². The summed E-state index contributed by atoms with van der Waals surface area (Å²) < 4.78 is 18.8. The summed E-state index contributed by atoms with van der Waals surface area (Å²) in [5.41, 5.74) is 2.20. The first-order valence-corrected chi connectivity index (χ1v) is 8.60. The van der Waals surface area contributed by atoms with E-state index in [4.69, 9.17) is 9.72 Å². The fourth-order valence-electron chi connectivity index (χ4n) is 3.29. The molecule has 0 aliphatic carbocycles. The molecule has 1 amide bonds. The van der Waals surface area contributed by atoms with Gasteiger partial charge in [0.05, 0.1) is 11.7 Å². The number of hydrogen-bond donors (Lipinski definition) is 0. The van der Waals surface area contributed by atoms with Crippen LogP contribution in [0, 0.1) is 5.82 Å². The number of carbonyl (C=O) groups is 1. The van der Waals surface area contributed by atoms with Gasteiger partial charge >= 0.3 is 0 Å². The molecule has 138 valence electrons. The van der Waals surface area contributed by atoms with E-state index in [1.54, 1.807) is 17.2 Å². The van der Waals surface area contributed by atoms with E-state index in [-0.39, 0.29) is 24.4 Å². The van der Waals surface area contributed by atoms with Gasteiger partial charge in [0, 0.05) is 39.5 Å². The molecule has 1 fully saturated rings. The number of halogens is 1. The SMILES string of the molecule is COCC(=O)N1CCC[C@H]1c1nc(N(C)C)ncc1-c1cccc(F)c1. The van der Waals surface area contributed by atoms with E-state index in [0.29, 0.717) is 18.1 Å². The van der Waals surface area contributed by atoms with Gasteiger partial charge in [-0.3, -0.25) is 4.79 Å². The summed E-state index contributed by atoms with van der Waals surface area (Å²) in [5.74, 6) is 0.181. The van der Waals surface area contributed by atoms with E-state index in [9.17, 15) is 9.18 Å². The molecular formula is C19H23FN4O2. The molecule has 0 N–H and O–H groups in total. The average Bonchev–Trinajstić information content (AvgIpc) is 3.11.